The lowest BCUT2D eigenvalue weighted by Gasteiger charge is -2.41. The summed E-state index contributed by atoms with van der Waals surface area (Å²) in [5, 5.41) is 29.9. The van der Waals surface area contributed by atoms with Crippen LogP contribution in [0.25, 0.3) is 0 Å². The van der Waals surface area contributed by atoms with Gasteiger partial charge in [-0.3, -0.25) is 9.59 Å². The van der Waals surface area contributed by atoms with E-state index >= 15 is 0 Å². The first kappa shape index (κ1) is 22.5. The Morgan fingerprint density at radius 3 is 2.43 bits per heavy atom. The average molecular weight is 435 g/mol. The van der Waals surface area contributed by atoms with E-state index in [0.717, 1.165) is 5.69 Å². The van der Waals surface area contributed by atoms with Crippen LogP contribution in [-0.2, 0) is 9.59 Å². The summed E-state index contributed by atoms with van der Waals surface area (Å²) in [5.74, 6) is -0.591. The zero-order valence-electron chi connectivity index (χ0n) is 17.5. The van der Waals surface area contributed by atoms with Gasteiger partial charge in [-0.2, -0.15) is 0 Å². The second kappa shape index (κ2) is 9.28. The molecule has 9 heteroatoms. The summed E-state index contributed by atoms with van der Waals surface area (Å²) in [4.78, 5) is 25.8. The molecule has 1 aliphatic heterocycles. The van der Waals surface area contributed by atoms with Crippen LogP contribution in [0.1, 0.15) is 38.7 Å². The minimum absolute atomic E-state index is 0.124. The molecule has 1 aromatic carbocycles. The number of hydrogen-bond acceptors (Lipinski definition) is 5. The predicted octanol–water partition coefficient (Wildman–Crippen LogP) is 0.236. The summed E-state index contributed by atoms with van der Waals surface area (Å²) < 4.78 is 0. The molecule has 164 valence electrons. The van der Waals surface area contributed by atoms with Crippen LogP contribution in [0.4, 0.5) is 5.69 Å². The number of aliphatic hydroxyl groups excluding tert-OH is 2. The lowest BCUT2D eigenvalue weighted by Crippen LogP contribution is -2.61. The molecule has 1 aromatic rings. The first-order chi connectivity index (χ1) is 14.2. The number of benzene rings is 1. The Balaban J connectivity index is 1.83. The second-order valence-corrected chi connectivity index (χ2v) is 8.64. The van der Waals surface area contributed by atoms with Crippen LogP contribution in [0.2, 0.25) is 0 Å². The van der Waals surface area contributed by atoms with Crippen molar-refractivity contribution < 1.29 is 19.8 Å². The Kier molecular flexibility index (Phi) is 6.95. The Morgan fingerprint density at radius 2 is 1.83 bits per heavy atom. The zero-order chi connectivity index (χ0) is 22.0. The van der Waals surface area contributed by atoms with Crippen molar-refractivity contribution in [2.24, 2.45) is 5.92 Å². The predicted molar refractivity (Wildman–Crippen MR) is 118 cm³/mol. The number of amides is 2. The largest absolute Gasteiger partial charge is 0.390 e. The van der Waals surface area contributed by atoms with Gasteiger partial charge >= 0.3 is 0 Å². The van der Waals surface area contributed by atoms with E-state index in [-0.39, 0.29) is 24.8 Å². The third-order valence-electron chi connectivity index (χ3n) is 5.82. The summed E-state index contributed by atoms with van der Waals surface area (Å²) in [6.45, 7) is 6.26. The minimum Gasteiger partial charge on any atom is -0.390 e. The van der Waals surface area contributed by atoms with Crippen LogP contribution >= 0.6 is 12.2 Å². The van der Waals surface area contributed by atoms with Crippen molar-refractivity contribution in [3.63, 3.8) is 0 Å². The lowest BCUT2D eigenvalue weighted by atomic mass is 9.77. The first-order valence-electron chi connectivity index (χ1n) is 10.3. The molecule has 2 fully saturated rings. The second-order valence-electron chi connectivity index (χ2n) is 8.26. The number of nitrogens with zero attached hydrogens (tertiary/aromatic N) is 1. The maximum atomic E-state index is 13.0. The van der Waals surface area contributed by atoms with E-state index in [4.69, 9.17) is 12.2 Å². The maximum absolute atomic E-state index is 13.0. The molecule has 1 saturated heterocycles. The van der Waals surface area contributed by atoms with Crippen molar-refractivity contribution in [1.29, 1.82) is 0 Å². The average Bonchev–Trinajstić information content (AvgIpc) is 3.05. The molecule has 0 aromatic heterocycles. The number of carbonyl (C=O) groups is 2. The third-order valence-corrected chi connectivity index (χ3v) is 6.13. The number of rotatable bonds is 6. The van der Waals surface area contributed by atoms with E-state index in [0.29, 0.717) is 17.6 Å². The van der Waals surface area contributed by atoms with Gasteiger partial charge in [0.05, 0.1) is 24.1 Å². The van der Waals surface area contributed by atoms with Crippen LogP contribution in [0, 0.1) is 5.92 Å². The number of fused-ring (bicyclic) bond motifs is 1. The van der Waals surface area contributed by atoms with Gasteiger partial charge in [0.25, 0.3) is 0 Å². The van der Waals surface area contributed by atoms with Crippen LogP contribution in [0.3, 0.4) is 0 Å². The molecule has 3 rings (SSSR count). The zero-order valence-corrected chi connectivity index (χ0v) is 18.3. The fraction of sp³-hybridized carbons (Fsp3) is 0.571. The van der Waals surface area contributed by atoms with Crippen molar-refractivity contribution in [2.75, 3.05) is 18.0 Å². The lowest BCUT2D eigenvalue weighted by molar-refractivity contribution is -0.131. The smallest absolute Gasteiger partial charge is 0.225 e. The first-order valence-corrected chi connectivity index (χ1v) is 10.7. The van der Waals surface area contributed by atoms with Crippen LogP contribution in [0.15, 0.2) is 24.3 Å². The highest BCUT2D eigenvalue weighted by Gasteiger charge is 2.53. The number of carbonyl (C=O) groups excluding carboxylic acids is 2. The number of hydrogen-bond donors (Lipinski definition) is 5. The van der Waals surface area contributed by atoms with E-state index in [1.807, 2.05) is 29.2 Å². The van der Waals surface area contributed by atoms with Crippen LogP contribution < -0.4 is 20.9 Å². The molecule has 2 amide bonds. The van der Waals surface area contributed by atoms with Gasteiger partial charge < -0.3 is 31.1 Å². The van der Waals surface area contributed by atoms with Gasteiger partial charge in [0, 0.05) is 25.7 Å². The minimum atomic E-state index is -1.03. The molecule has 5 atom stereocenters. The van der Waals surface area contributed by atoms with Gasteiger partial charge in [-0.05, 0) is 42.3 Å². The molecule has 0 bridgehead atoms. The number of aliphatic hydroxyl groups is 2. The quantitative estimate of drug-likeness (QED) is 0.322. The Morgan fingerprint density at radius 1 is 1.20 bits per heavy atom. The van der Waals surface area contributed by atoms with Crippen molar-refractivity contribution in [2.45, 2.75) is 57.4 Å². The summed E-state index contributed by atoms with van der Waals surface area (Å²) in [5.41, 5.74) is 2.03. The van der Waals surface area contributed by atoms with E-state index in [2.05, 4.69) is 29.8 Å². The van der Waals surface area contributed by atoms with Gasteiger partial charge in [0.1, 0.15) is 6.10 Å². The van der Waals surface area contributed by atoms with E-state index < -0.39 is 30.2 Å². The molecular weight excluding hydrogens is 404 g/mol. The topological polar surface area (TPSA) is 114 Å². The Labute approximate surface area is 182 Å². The van der Waals surface area contributed by atoms with Crippen molar-refractivity contribution in [3.05, 3.63) is 29.8 Å². The number of anilines is 1. The number of nitrogens with one attached hydrogen (secondary N) is 3. The highest BCUT2D eigenvalue weighted by Crippen LogP contribution is 2.37. The standard InChI is InChI=1S/C21H30N4O4S/c1-11(2)13-4-6-14(7-5-13)25-18-15(20(29)23-9-8-22-12(3)26)10-16(27)19(28)17(18)24-21(25)30/h4-7,11,15-19,27-28H,8-10H2,1-3H3,(H,22,26)(H,23,29)(H,24,30)/t15-,16-,17-,18-,19+/m1/s1. The molecule has 2 aliphatic rings. The molecule has 1 saturated carbocycles. The van der Waals surface area contributed by atoms with Crippen LogP contribution in [0.5, 0.6) is 0 Å². The summed E-state index contributed by atoms with van der Waals surface area (Å²) in [7, 11) is 0. The highest BCUT2D eigenvalue weighted by molar-refractivity contribution is 7.80. The van der Waals surface area contributed by atoms with Gasteiger partial charge in [-0.15, -0.1) is 0 Å². The molecular formula is C21H30N4O4S. The van der Waals surface area contributed by atoms with E-state index in [1.165, 1.54) is 12.5 Å². The van der Waals surface area contributed by atoms with Crippen molar-refractivity contribution >= 4 is 34.8 Å². The maximum Gasteiger partial charge on any atom is 0.225 e. The molecule has 5 N–H and O–H groups in total. The normalized spacial score (nSPS) is 28.1. The monoisotopic (exact) mass is 434 g/mol. The van der Waals surface area contributed by atoms with Gasteiger partial charge in [0.15, 0.2) is 5.11 Å². The summed E-state index contributed by atoms with van der Waals surface area (Å²) in [6.07, 6.45) is -1.94. The molecule has 1 heterocycles. The van der Waals surface area contributed by atoms with Crippen molar-refractivity contribution in [1.82, 2.24) is 16.0 Å². The van der Waals surface area contributed by atoms with Crippen LogP contribution in [-0.4, -0.2) is 64.5 Å². The molecule has 0 radical (unpaired) electrons. The SMILES string of the molecule is CC(=O)NCCNC(=O)[C@@H]1C[C@@H](O)[C@H](O)[C@@H]2NC(=S)N(c3ccc(C(C)C)cc3)[C@@H]21. The van der Waals surface area contributed by atoms with Gasteiger partial charge in [0.2, 0.25) is 11.8 Å². The van der Waals surface area contributed by atoms with Gasteiger partial charge in [-0.1, -0.05) is 26.0 Å². The third kappa shape index (κ3) is 4.58. The van der Waals surface area contributed by atoms with Gasteiger partial charge in [-0.25, -0.2) is 0 Å². The Hall–Kier alpha value is -2.23. The summed E-state index contributed by atoms with van der Waals surface area (Å²) >= 11 is 5.53. The molecule has 0 unspecified atom stereocenters. The fourth-order valence-corrected chi connectivity index (χ4v) is 4.58. The molecule has 30 heavy (non-hydrogen) atoms. The summed E-state index contributed by atoms with van der Waals surface area (Å²) in [6, 6.07) is 7.02. The van der Waals surface area contributed by atoms with E-state index in [9.17, 15) is 19.8 Å². The number of thiocarbonyl (C=S) groups is 1. The Bertz CT molecular complexity index is 801. The molecule has 1 aliphatic carbocycles. The van der Waals surface area contributed by atoms with E-state index in [1.54, 1.807) is 0 Å². The molecule has 0 spiro atoms. The fourth-order valence-electron chi connectivity index (χ4n) is 4.22. The highest BCUT2D eigenvalue weighted by atomic mass is 32.1. The van der Waals surface area contributed by atoms with Crippen molar-refractivity contribution in [3.8, 4) is 0 Å². The molecule has 8 nitrogen and oxygen atoms in total.